The molecule has 0 aliphatic carbocycles. The van der Waals surface area contributed by atoms with E-state index in [1.165, 1.54) is 7.05 Å². The molecule has 112 valence electrons. The summed E-state index contributed by atoms with van der Waals surface area (Å²) in [6.07, 6.45) is -1.12. The minimum atomic E-state index is -4.40. The summed E-state index contributed by atoms with van der Waals surface area (Å²) in [6, 6.07) is 5.65. The van der Waals surface area contributed by atoms with Gasteiger partial charge in [-0.25, -0.2) is 4.98 Å². The molecule has 2 heterocycles. The smallest absolute Gasteiger partial charge is 0.373 e. The number of nitrogens with one attached hydrogen (secondary N) is 1. The molecular formula is C14H15F3N4. The number of hydrogen-bond donors (Lipinski definition) is 1. The van der Waals surface area contributed by atoms with Crippen molar-refractivity contribution < 1.29 is 13.2 Å². The van der Waals surface area contributed by atoms with Crippen molar-refractivity contribution in [2.75, 3.05) is 24.3 Å². The Hall–Kier alpha value is -2.31. The summed E-state index contributed by atoms with van der Waals surface area (Å²) in [7, 11) is 3.23. The van der Waals surface area contributed by atoms with Crippen LogP contribution in [0.25, 0.3) is 0 Å². The molecule has 0 saturated carbocycles. The van der Waals surface area contributed by atoms with Gasteiger partial charge >= 0.3 is 6.18 Å². The van der Waals surface area contributed by atoms with Gasteiger partial charge in [-0.2, -0.15) is 13.2 Å². The van der Waals surface area contributed by atoms with Gasteiger partial charge in [0.1, 0.15) is 11.6 Å². The fourth-order valence-electron chi connectivity index (χ4n) is 1.85. The van der Waals surface area contributed by atoms with Gasteiger partial charge in [0.15, 0.2) is 0 Å². The fraction of sp³-hybridized carbons (Fsp3) is 0.286. The van der Waals surface area contributed by atoms with Crippen LogP contribution in [0, 0.1) is 0 Å². The van der Waals surface area contributed by atoms with E-state index in [9.17, 15) is 13.2 Å². The minimum Gasteiger partial charge on any atom is -0.373 e. The lowest BCUT2D eigenvalue weighted by molar-refractivity contribution is -0.137. The summed E-state index contributed by atoms with van der Waals surface area (Å²) >= 11 is 0. The summed E-state index contributed by atoms with van der Waals surface area (Å²) in [6.45, 7) is 0.444. The molecule has 2 aromatic heterocycles. The van der Waals surface area contributed by atoms with Crippen molar-refractivity contribution in [2.24, 2.45) is 0 Å². The molecule has 2 rings (SSSR count). The van der Waals surface area contributed by atoms with Gasteiger partial charge in [-0.15, -0.1) is 0 Å². The van der Waals surface area contributed by atoms with E-state index in [2.05, 4.69) is 15.3 Å². The second kappa shape index (κ2) is 5.99. The van der Waals surface area contributed by atoms with Gasteiger partial charge in [0.05, 0.1) is 5.56 Å². The summed E-state index contributed by atoms with van der Waals surface area (Å²) < 4.78 is 38.7. The molecule has 0 spiro atoms. The van der Waals surface area contributed by atoms with Crippen molar-refractivity contribution in [3.8, 4) is 0 Å². The van der Waals surface area contributed by atoms with Crippen LogP contribution < -0.4 is 10.2 Å². The summed E-state index contributed by atoms with van der Waals surface area (Å²) in [5.74, 6) is 0.437. The molecule has 0 fully saturated rings. The maximum Gasteiger partial charge on any atom is 0.416 e. The van der Waals surface area contributed by atoms with Gasteiger partial charge in [0.2, 0.25) is 0 Å². The SMILES string of the molecule is CNc1cc(C(F)(F)F)cc(N(C)Cc2ccncc2)n1. The Morgan fingerprint density at radius 3 is 2.43 bits per heavy atom. The van der Waals surface area contributed by atoms with Crippen molar-refractivity contribution in [1.29, 1.82) is 0 Å². The van der Waals surface area contributed by atoms with Gasteiger partial charge in [0.25, 0.3) is 0 Å². The first-order valence-corrected chi connectivity index (χ1v) is 6.27. The van der Waals surface area contributed by atoms with Crippen molar-refractivity contribution in [3.63, 3.8) is 0 Å². The van der Waals surface area contributed by atoms with Gasteiger partial charge in [-0.05, 0) is 29.8 Å². The second-order valence-corrected chi connectivity index (χ2v) is 4.56. The topological polar surface area (TPSA) is 41.0 Å². The van der Waals surface area contributed by atoms with Crippen LogP contribution in [-0.4, -0.2) is 24.1 Å². The van der Waals surface area contributed by atoms with Crippen LogP contribution in [-0.2, 0) is 12.7 Å². The zero-order chi connectivity index (χ0) is 15.5. The maximum atomic E-state index is 12.9. The first kappa shape index (κ1) is 15.1. The maximum absolute atomic E-state index is 12.9. The lowest BCUT2D eigenvalue weighted by Crippen LogP contribution is -2.19. The number of hydrogen-bond acceptors (Lipinski definition) is 4. The molecule has 0 saturated heterocycles. The molecule has 0 aliphatic heterocycles. The van der Waals surface area contributed by atoms with Crippen molar-refractivity contribution >= 4 is 11.6 Å². The third-order valence-corrected chi connectivity index (χ3v) is 2.96. The standard InChI is InChI=1S/C14H15F3N4/c1-18-12-7-11(14(15,16)17)8-13(20-12)21(2)9-10-3-5-19-6-4-10/h3-8H,9H2,1-2H3,(H,18,20). The Kier molecular flexibility index (Phi) is 4.30. The third-order valence-electron chi connectivity index (χ3n) is 2.96. The molecular weight excluding hydrogens is 281 g/mol. The van der Waals surface area contributed by atoms with Crippen LogP contribution in [0.15, 0.2) is 36.7 Å². The van der Waals surface area contributed by atoms with Gasteiger partial charge in [-0.3, -0.25) is 4.98 Å². The molecule has 21 heavy (non-hydrogen) atoms. The molecule has 4 nitrogen and oxygen atoms in total. The lowest BCUT2D eigenvalue weighted by Gasteiger charge is -2.20. The molecule has 0 aliphatic rings. The van der Waals surface area contributed by atoms with E-state index >= 15 is 0 Å². The Morgan fingerprint density at radius 1 is 1.19 bits per heavy atom. The molecule has 1 N–H and O–H groups in total. The molecule has 7 heteroatoms. The van der Waals surface area contributed by atoms with Crippen molar-refractivity contribution in [3.05, 3.63) is 47.8 Å². The Bertz CT molecular complexity index is 599. The Labute approximate surface area is 120 Å². The zero-order valence-electron chi connectivity index (χ0n) is 11.6. The summed E-state index contributed by atoms with van der Waals surface area (Å²) in [5, 5.41) is 2.65. The summed E-state index contributed by atoms with van der Waals surface area (Å²) in [4.78, 5) is 9.73. The highest BCUT2D eigenvalue weighted by molar-refractivity contribution is 5.51. The Balaban J connectivity index is 2.30. The van der Waals surface area contributed by atoms with E-state index in [1.807, 2.05) is 12.1 Å². The number of pyridine rings is 2. The van der Waals surface area contributed by atoms with Gasteiger partial charge < -0.3 is 10.2 Å². The highest BCUT2D eigenvalue weighted by Gasteiger charge is 2.32. The van der Waals surface area contributed by atoms with E-state index in [0.29, 0.717) is 6.54 Å². The van der Waals surface area contributed by atoms with E-state index in [4.69, 9.17) is 0 Å². The molecule has 0 bridgehead atoms. The van der Waals surface area contributed by atoms with Crippen molar-refractivity contribution in [1.82, 2.24) is 9.97 Å². The second-order valence-electron chi connectivity index (χ2n) is 4.56. The lowest BCUT2D eigenvalue weighted by atomic mass is 10.2. The minimum absolute atomic E-state index is 0.182. The summed E-state index contributed by atoms with van der Waals surface area (Å²) in [5.41, 5.74) is 0.219. The zero-order valence-corrected chi connectivity index (χ0v) is 11.6. The molecule has 0 amide bonds. The normalized spacial score (nSPS) is 11.3. The molecule has 0 radical (unpaired) electrons. The molecule has 0 aromatic carbocycles. The highest BCUT2D eigenvalue weighted by atomic mass is 19.4. The van der Waals surface area contributed by atoms with Crippen LogP contribution in [0.3, 0.4) is 0 Å². The highest BCUT2D eigenvalue weighted by Crippen LogP contribution is 2.32. The first-order valence-electron chi connectivity index (χ1n) is 6.27. The van der Waals surface area contributed by atoms with Gasteiger partial charge in [-0.1, -0.05) is 0 Å². The van der Waals surface area contributed by atoms with E-state index in [0.717, 1.165) is 17.7 Å². The van der Waals surface area contributed by atoms with Gasteiger partial charge in [0, 0.05) is 33.0 Å². The number of nitrogens with zero attached hydrogens (tertiary/aromatic N) is 3. The number of rotatable bonds is 4. The van der Waals surface area contributed by atoms with E-state index in [1.54, 1.807) is 24.3 Å². The predicted molar refractivity (Wildman–Crippen MR) is 75.1 cm³/mol. The monoisotopic (exact) mass is 296 g/mol. The van der Waals surface area contributed by atoms with Crippen LogP contribution in [0.1, 0.15) is 11.1 Å². The molecule has 0 atom stereocenters. The van der Waals surface area contributed by atoms with Crippen LogP contribution in [0.4, 0.5) is 24.8 Å². The average molecular weight is 296 g/mol. The molecule has 0 unspecified atom stereocenters. The van der Waals surface area contributed by atoms with Crippen LogP contribution in [0.5, 0.6) is 0 Å². The molecule has 2 aromatic rings. The quantitative estimate of drug-likeness (QED) is 0.941. The third kappa shape index (κ3) is 3.84. The van der Waals surface area contributed by atoms with E-state index in [-0.39, 0.29) is 11.6 Å². The van der Waals surface area contributed by atoms with Crippen molar-refractivity contribution in [2.45, 2.75) is 12.7 Å². The average Bonchev–Trinajstić information content (AvgIpc) is 2.46. The number of aromatic nitrogens is 2. The largest absolute Gasteiger partial charge is 0.416 e. The number of halogens is 3. The van der Waals surface area contributed by atoms with Crippen LogP contribution in [0.2, 0.25) is 0 Å². The fourth-order valence-corrected chi connectivity index (χ4v) is 1.85. The van der Waals surface area contributed by atoms with E-state index < -0.39 is 11.7 Å². The number of anilines is 2. The first-order chi connectivity index (χ1) is 9.90. The number of alkyl halides is 3. The Morgan fingerprint density at radius 2 is 1.86 bits per heavy atom. The predicted octanol–water partition coefficient (Wildman–Crippen LogP) is 3.17. The van der Waals surface area contributed by atoms with Crippen LogP contribution >= 0.6 is 0 Å².